The van der Waals surface area contributed by atoms with Gasteiger partial charge in [-0.3, -0.25) is 4.79 Å². The lowest BCUT2D eigenvalue weighted by Crippen LogP contribution is -2.44. The third-order valence-electron chi connectivity index (χ3n) is 5.86. The minimum atomic E-state index is -1.54. The van der Waals surface area contributed by atoms with Crippen molar-refractivity contribution in [3.05, 3.63) is 12.2 Å². The SMILES string of the molecule is NC(=O)[C@]1(O)CC/C=C/[C@H](OC(=O)OCC2C3CCC#CCCC32)CC1. The van der Waals surface area contributed by atoms with Gasteiger partial charge in [0.05, 0.1) is 6.61 Å². The van der Waals surface area contributed by atoms with Crippen LogP contribution in [0.2, 0.25) is 0 Å². The second kappa shape index (κ2) is 8.13. The van der Waals surface area contributed by atoms with Crippen LogP contribution in [0.15, 0.2) is 12.2 Å². The van der Waals surface area contributed by atoms with Crippen LogP contribution in [0, 0.1) is 29.6 Å². The molecule has 2 unspecified atom stereocenters. The summed E-state index contributed by atoms with van der Waals surface area (Å²) in [5, 5.41) is 10.3. The molecule has 3 aliphatic carbocycles. The molecule has 4 atom stereocenters. The predicted octanol–water partition coefficient (Wildman–Crippen LogP) is 2.29. The number of carbonyl (C=O) groups excluding carboxylic acids is 2. The molecule has 1 fully saturated rings. The zero-order valence-corrected chi connectivity index (χ0v) is 15.0. The van der Waals surface area contributed by atoms with E-state index in [0.717, 1.165) is 25.7 Å². The van der Waals surface area contributed by atoms with Crippen LogP contribution in [0.25, 0.3) is 0 Å². The van der Waals surface area contributed by atoms with Crippen LogP contribution in [0.3, 0.4) is 0 Å². The Morgan fingerprint density at radius 1 is 1.15 bits per heavy atom. The van der Waals surface area contributed by atoms with Crippen molar-refractivity contribution in [1.29, 1.82) is 0 Å². The van der Waals surface area contributed by atoms with Gasteiger partial charge in [-0.25, -0.2) is 4.79 Å². The van der Waals surface area contributed by atoms with Crippen molar-refractivity contribution in [2.24, 2.45) is 23.5 Å². The molecule has 0 bridgehead atoms. The fraction of sp³-hybridized carbons (Fsp3) is 0.700. The minimum absolute atomic E-state index is 0.164. The molecule has 0 aliphatic heterocycles. The maximum absolute atomic E-state index is 12.0. The Labute approximate surface area is 154 Å². The number of primary amides is 1. The molecule has 0 aromatic heterocycles. The molecule has 0 radical (unpaired) electrons. The van der Waals surface area contributed by atoms with E-state index in [2.05, 4.69) is 11.8 Å². The van der Waals surface area contributed by atoms with Gasteiger partial charge in [0, 0.05) is 12.8 Å². The summed E-state index contributed by atoms with van der Waals surface area (Å²) in [7, 11) is 0. The number of hydrogen-bond donors (Lipinski definition) is 2. The third-order valence-corrected chi connectivity index (χ3v) is 5.86. The van der Waals surface area contributed by atoms with Gasteiger partial charge in [-0.2, -0.15) is 0 Å². The Bertz CT molecular complexity index is 616. The Balaban J connectivity index is 1.43. The largest absolute Gasteiger partial charge is 0.508 e. The van der Waals surface area contributed by atoms with Crippen molar-refractivity contribution in [2.75, 3.05) is 6.61 Å². The topological polar surface area (TPSA) is 98.9 Å². The fourth-order valence-electron chi connectivity index (χ4n) is 4.12. The van der Waals surface area contributed by atoms with E-state index in [4.69, 9.17) is 15.2 Å². The lowest BCUT2D eigenvalue weighted by Gasteiger charge is -2.27. The minimum Gasteiger partial charge on any atom is -0.434 e. The molecule has 0 aromatic carbocycles. The molecule has 0 aromatic rings. The van der Waals surface area contributed by atoms with Crippen LogP contribution < -0.4 is 5.73 Å². The maximum Gasteiger partial charge on any atom is 0.508 e. The summed E-state index contributed by atoms with van der Waals surface area (Å²) in [6.07, 6.45) is 7.66. The van der Waals surface area contributed by atoms with Crippen LogP contribution in [-0.4, -0.2) is 35.5 Å². The van der Waals surface area contributed by atoms with Crippen LogP contribution in [0.5, 0.6) is 0 Å². The summed E-state index contributed by atoms with van der Waals surface area (Å²) >= 11 is 0. The van der Waals surface area contributed by atoms with Crippen molar-refractivity contribution in [1.82, 2.24) is 0 Å². The smallest absolute Gasteiger partial charge is 0.434 e. The summed E-state index contributed by atoms with van der Waals surface area (Å²) in [6, 6.07) is 0. The van der Waals surface area contributed by atoms with E-state index in [9.17, 15) is 14.7 Å². The van der Waals surface area contributed by atoms with Crippen LogP contribution in [-0.2, 0) is 14.3 Å². The predicted molar refractivity (Wildman–Crippen MR) is 94.7 cm³/mol. The first kappa shape index (κ1) is 18.8. The Kier molecular flexibility index (Phi) is 5.87. The number of carbonyl (C=O) groups is 2. The second-order valence-corrected chi connectivity index (χ2v) is 7.54. The van der Waals surface area contributed by atoms with E-state index in [0.29, 0.717) is 37.2 Å². The molecule has 3 rings (SSSR count). The molecular formula is C20H27NO5. The van der Waals surface area contributed by atoms with Gasteiger partial charge in [0.1, 0.15) is 11.7 Å². The van der Waals surface area contributed by atoms with Gasteiger partial charge in [-0.15, -0.1) is 11.8 Å². The summed E-state index contributed by atoms with van der Waals surface area (Å²) in [4.78, 5) is 23.5. The number of rotatable bonds is 4. The maximum atomic E-state index is 12.0. The van der Waals surface area contributed by atoms with E-state index < -0.39 is 23.8 Å². The van der Waals surface area contributed by atoms with Gasteiger partial charge in [-0.1, -0.05) is 6.08 Å². The zero-order valence-electron chi connectivity index (χ0n) is 15.0. The number of nitrogens with two attached hydrogens (primary N) is 1. The van der Waals surface area contributed by atoms with Gasteiger partial charge in [0.15, 0.2) is 0 Å². The lowest BCUT2D eigenvalue weighted by molar-refractivity contribution is -0.138. The van der Waals surface area contributed by atoms with Crippen molar-refractivity contribution in [3.63, 3.8) is 0 Å². The number of aliphatic hydroxyl groups is 1. The number of amides is 1. The van der Waals surface area contributed by atoms with Gasteiger partial charge < -0.3 is 20.3 Å². The summed E-state index contributed by atoms with van der Waals surface area (Å²) < 4.78 is 10.7. The average molecular weight is 361 g/mol. The molecule has 0 spiro atoms. The standard InChI is InChI=1S/C20H27NO5/c21-18(22)20(24)11-6-5-7-14(10-12-20)26-19(23)25-13-17-15-8-3-1-2-4-9-16(15)17/h5,7,14-17,24H,3-4,6,8-13H2,(H2,21,22)/b7-5+/t14-,15?,16?,17?,20-/m0/s1. The molecular weight excluding hydrogens is 334 g/mol. The highest BCUT2D eigenvalue weighted by molar-refractivity contribution is 5.83. The van der Waals surface area contributed by atoms with Gasteiger partial charge >= 0.3 is 6.16 Å². The highest BCUT2D eigenvalue weighted by Gasteiger charge is 2.49. The summed E-state index contributed by atoms with van der Waals surface area (Å²) in [5.41, 5.74) is 3.74. The van der Waals surface area contributed by atoms with Crippen LogP contribution >= 0.6 is 0 Å². The van der Waals surface area contributed by atoms with Crippen molar-refractivity contribution >= 4 is 12.1 Å². The summed E-state index contributed by atoms with van der Waals surface area (Å²) in [5.74, 6) is 7.24. The van der Waals surface area contributed by atoms with E-state index >= 15 is 0 Å². The van der Waals surface area contributed by atoms with E-state index in [1.165, 1.54) is 0 Å². The third kappa shape index (κ3) is 4.59. The number of fused-ring (bicyclic) bond motifs is 1. The normalized spacial score (nSPS) is 37.3. The Hall–Kier alpha value is -2.00. The van der Waals surface area contributed by atoms with Gasteiger partial charge in [0.25, 0.3) is 0 Å². The molecule has 0 heterocycles. The van der Waals surface area contributed by atoms with Crippen LogP contribution in [0.4, 0.5) is 4.79 Å². The van der Waals surface area contributed by atoms with Gasteiger partial charge in [-0.05, 0) is 62.4 Å². The number of hydrogen-bond acceptors (Lipinski definition) is 5. The highest BCUT2D eigenvalue weighted by Crippen LogP contribution is 2.52. The fourth-order valence-corrected chi connectivity index (χ4v) is 4.12. The zero-order chi connectivity index (χ0) is 18.6. The second-order valence-electron chi connectivity index (χ2n) is 7.54. The number of ether oxygens (including phenoxy) is 2. The van der Waals surface area contributed by atoms with Crippen molar-refractivity contribution in [2.45, 2.75) is 63.1 Å². The molecule has 26 heavy (non-hydrogen) atoms. The Morgan fingerprint density at radius 2 is 1.85 bits per heavy atom. The highest BCUT2D eigenvalue weighted by atomic mass is 16.7. The van der Waals surface area contributed by atoms with Crippen molar-refractivity contribution < 1.29 is 24.2 Å². The number of allylic oxidation sites excluding steroid dienone is 1. The van der Waals surface area contributed by atoms with E-state index in [-0.39, 0.29) is 12.8 Å². The van der Waals surface area contributed by atoms with E-state index in [1.54, 1.807) is 12.2 Å². The molecule has 3 aliphatic rings. The monoisotopic (exact) mass is 361 g/mol. The molecule has 1 amide bonds. The Morgan fingerprint density at radius 3 is 2.50 bits per heavy atom. The molecule has 0 saturated heterocycles. The van der Waals surface area contributed by atoms with E-state index in [1.807, 2.05) is 0 Å². The lowest BCUT2D eigenvalue weighted by atomic mass is 9.88. The summed E-state index contributed by atoms with van der Waals surface area (Å²) in [6.45, 7) is 0.385. The first-order valence-electron chi connectivity index (χ1n) is 9.48. The van der Waals surface area contributed by atoms with Crippen LogP contribution in [0.1, 0.15) is 51.4 Å². The molecule has 6 heteroatoms. The molecule has 1 saturated carbocycles. The first-order valence-corrected chi connectivity index (χ1v) is 9.48. The molecule has 6 nitrogen and oxygen atoms in total. The quantitative estimate of drug-likeness (QED) is 0.455. The molecule has 142 valence electrons. The van der Waals surface area contributed by atoms with Crippen molar-refractivity contribution in [3.8, 4) is 11.8 Å². The average Bonchev–Trinajstić information content (AvgIpc) is 3.21. The first-order chi connectivity index (χ1) is 12.5. The van der Waals surface area contributed by atoms with Gasteiger partial charge in [0.2, 0.25) is 5.91 Å². The molecule has 3 N–H and O–H groups in total.